The van der Waals surface area contributed by atoms with Crippen LogP contribution in [0.5, 0.6) is 5.75 Å². The first-order valence-corrected chi connectivity index (χ1v) is 11.4. The molecule has 1 unspecified atom stereocenters. The van der Waals surface area contributed by atoms with Crippen LogP contribution in [0.25, 0.3) is 10.8 Å². The maximum Gasteiger partial charge on any atom is 0.136 e. The maximum absolute atomic E-state index is 5.24. The monoisotopic (exact) mass is 427 g/mol. The first kappa shape index (κ1) is 19.8. The van der Waals surface area contributed by atoms with Crippen LogP contribution < -0.4 is 14.4 Å². The van der Waals surface area contributed by atoms with Gasteiger partial charge in [-0.25, -0.2) is 4.98 Å². The van der Waals surface area contributed by atoms with Gasteiger partial charge in [-0.2, -0.15) is 0 Å². The molecule has 1 atom stereocenters. The van der Waals surface area contributed by atoms with Gasteiger partial charge < -0.3 is 14.4 Å². The fraction of sp³-hybridized carbons (Fsp3) is 0.192. The maximum atomic E-state index is 5.24. The summed E-state index contributed by atoms with van der Waals surface area (Å²) in [6.07, 6.45) is 3.12. The summed E-state index contributed by atoms with van der Waals surface area (Å²) >= 11 is 1.58. The van der Waals surface area contributed by atoms with Crippen molar-refractivity contribution in [3.05, 3.63) is 90.6 Å². The molecule has 1 fully saturated rings. The van der Waals surface area contributed by atoms with E-state index in [0.717, 1.165) is 41.7 Å². The predicted molar refractivity (Wildman–Crippen MR) is 130 cm³/mol. The molecule has 31 heavy (non-hydrogen) atoms. The normalized spacial score (nSPS) is 15.9. The molecule has 0 amide bonds. The van der Waals surface area contributed by atoms with Crippen LogP contribution in [0.4, 0.5) is 11.5 Å². The molecule has 0 bridgehead atoms. The Bertz CT molecular complexity index is 1160. The molecular formula is C26H25N3OS. The number of rotatable bonds is 6. The molecule has 5 rings (SSSR count). The summed E-state index contributed by atoms with van der Waals surface area (Å²) in [5.41, 5.74) is 2.45. The Kier molecular flexibility index (Phi) is 5.67. The van der Waals surface area contributed by atoms with E-state index in [0.29, 0.717) is 5.92 Å². The molecule has 156 valence electrons. The number of nitrogens with one attached hydrogen (secondary N) is 1. The lowest BCUT2D eigenvalue weighted by Crippen LogP contribution is -2.20. The number of pyridine rings is 1. The third-order valence-electron chi connectivity index (χ3n) is 5.87. The summed E-state index contributed by atoms with van der Waals surface area (Å²) in [7, 11) is 1.68. The molecule has 1 aromatic heterocycles. The van der Waals surface area contributed by atoms with Gasteiger partial charge in [0.15, 0.2) is 0 Å². The van der Waals surface area contributed by atoms with Crippen LogP contribution in [-0.2, 0) is 0 Å². The fourth-order valence-electron chi connectivity index (χ4n) is 4.22. The highest BCUT2D eigenvalue weighted by Crippen LogP contribution is 2.36. The van der Waals surface area contributed by atoms with Crippen LogP contribution in [0.15, 0.2) is 90.0 Å². The molecule has 2 heterocycles. The van der Waals surface area contributed by atoms with Crippen molar-refractivity contribution in [2.75, 3.05) is 29.8 Å². The van der Waals surface area contributed by atoms with Gasteiger partial charge in [-0.3, -0.25) is 0 Å². The molecule has 4 nitrogen and oxygen atoms in total. The van der Waals surface area contributed by atoms with Crippen LogP contribution in [0.3, 0.4) is 0 Å². The van der Waals surface area contributed by atoms with E-state index < -0.39 is 0 Å². The SMILES string of the molecule is COc1ccc(SNc2cnc(N3CCC(c4ccccc4)C3)c3ccccc23)cc1. The number of hydrogen-bond acceptors (Lipinski definition) is 5. The van der Waals surface area contributed by atoms with Crippen LogP contribution >= 0.6 is 11.9 Å². The number of ether oxygens (including phenoxy) is 1. The molecule has 1 saturated heterocycles. The molecule has 1 aliphatic rings. The molecule has 0 radical (unpaired) electrons. The Morgan fingerprint density at radius 3 is 2.45 bits per heavy atom. The van der Waals surface area contributed by atoms with Gasteiger partial charge in [-0.05, 0) is 48.2 Å². The minimum absolute atomic E-state index is 0.560. The summed E-state index contributed by atoms with van der Waals surface area (Å²) in [6, 6.07) is 27.4. The zero-order valence-electron chi connectivity index (χ0n) is 17.5. The molecule has 1 aliphatic heterocycles. The van der Waals surface area contributed by atoms with E-state index in [1.165, 1.54) is 16.3 Å². The number of fused-ring (bicyclic) bond motifs is 1. The zero-order valence-corrected chi connectivity index (χ0v) is 18.3. The summed E-state index contributed by atoms with van der Waals surface area (Å²) in [4.78, 5) is 8.44. The smallest absolute Gasteiger partial charge is 0.136 e. The van der Waals surface area contributed by atoms with Crippen molar-refractivity contribution in [2.24, 2.45) is 0 Å². The second-order valence-corrected chi connectivity index (χ2v) is 8.64. The van der Waals surface area contributed by atoms with Gasteiger partial charge >= 0.3 is 0 Å². The van der Waals surface area contributed by atoms with Crippen molar-refractivity contribution in [3.8, 4) is 5.75 Å². The van der Waals surface area contributed by atoms with E-state index >= 15 is 0 Å². The van der Waals surface area contributed by atoms with E-state index in [1.54, 1.807) is 19.1 Å². The molecule has 1 N–H and O–H groups in total. The first-order chi connectivity index (χ1) is 15.3. The summed E-state index contributed by atoms with van der Waals surface area (Å²) in [5, 5.41) is 2.38. The highest BCUT2D eigenvalue weighted by Gasteiger charge is 2.26. The van der Waals surface area contributed by atoms with Gasteiger partial charge in [0.25, 0.3) is 0 Å². The summed E-state index contributed by atoms with van der Waals surface area (Å²) < 4.78 is 8.73. The lowest BCUT2D eigenvalue weighted by Gasteiger charge is -2.21. The van der Waals surface area contributed by atoms with Crippen LogP contribution in [-0.4, -0.2) is 25.2 Å². The topological polar surface area (TPSA) is 37.4 Å². The molecule has 3 aromatic carbocycles. The Labute approximate surface area is 187 Å². The number of anilines is 2. The van der Waals surface area contributed by atoms with Gasteiger partial charge in [-0.1, -0.05) is 54.6 Å². The number of benzene rings is 3. The first-order valence-electron chi connectivity index (χ1n) is 10.6. The number of nitrogens with zero attached hydrogens (tertiary/aromatic N) is 2. The third kappa shape index (κ3) is 4.19. The van der Waals surface area contributed by atoms with Crippen LogP contribution in [0.2, 0.25) is 0 Å². The number of methoxy groups -OCH3 is 1. The second-order valence-electron chi connectivity index (χ2n) is 7.76. The average molecular weight is 428 g/mol. The molecule has 4 aromatic rings. The largest absolute Gasteiger partial charge is 0.497 e. The van der Waals surface area contributed by atoms with E-state index in [4.69, 9.17) is 9.72 Å². The Morgan fingerprint density at radius 1 is 0.935 bits per heavy atom. The number of aromatic nitrogens is 1. The molecule has 0 spiro atoms. The van der Waals surface area contributed by atoms with Gasteiger partial charge in [0, 0.05) is 34.7 Å². The van der Waals surface area contributed by atoms with Gasteiger partial charge in [-0.15, -0.1) is 0 Å². The molecular weight excluding hydrogens is 402 g/mol. The van der Waals surface area contributed by atoms with Gasteiger partial charge in [0.05, 0.1) is 19.0 Å². The quantitative estimate of drug-likeness (QED) is 0.363. The Balaban J connectivity index is 1.37. The highest BCUT2D eigenvalue weighted by molar-refractivity contribution is 8.00. The van der Waals surface area contributed by atoms with Crippen LogP contribution in [0, 0.1) is 0 Å². The molecule has 5 heteroatoms. The minimum Gasteiger partial charge on any atom is -0.497 e. The van der Waals surface area contributed by atoms with Crippen molar-refractivity contribution < 1.29 is 4.74 Å². The Morgan fingerprint density at radius 2 is 1.68 bits per heavy atom. The van der Waals surface area contributed by atoms with Gasteiger partial charge in [0.2, 0.25) is 0 Å². The van der Waals surface area contributed by atoms with E-state index in [1.807, 2.05) is 18.3 Å². The van der Waals surface area contributed by atoms with Crippen molar-refractivity contribution in [3.63, 3.8) is 0 Å². The lowest BCUT2D eigenvalue weighted by atomic mass is 9.99. The zero-order chi connectivity index (χ0) is 21.0. The van der Waals surface area contributed by atoms with Crippen molar-refractivity contribution in [1.29, 1.82) is 0 Å². The minimum atomic E-state index is 0.560. The average Bonchev–Trinajstić information content (AvgIpc) is 3.33. The van der Waals surface area contributed by atoms with Crippen molar-refractivity contribution in [1.82, 2.24) is 4.98 Å². The van der Waals surface area contributed by atoms with E-state index in [-0.39, 0.29) is 0 Å². The standard InChI is InChI=1S/C26H25N3OS/c1-30-21-11-13-22(14-12-21)31-28-25-17-27-26(24-10-6-5-9-23(24)25)29-16-15-20(18-29)19-7-3-2-4-8-19/h2-14,17,20,28H,15-16,18H2,1H3. The predicted octanol–water partition coefficient (Wildman–Crippen LogP) is 6.36. The lowest BCUT2D eigenvalue weighted by molar-refractivity contribution is 0.414. The van der Waals surface area contributed by atoms with Crippen molar-refractivity contribution >= 4 is 34.2 Å². The van der Waals surface area contributed by atoms with Crippen LogP contribution in [0.1, 0.15) is 17.9 Å². The highest BCUT2D eigenvalue weighted by atomic mass is 32.2. The summed E-state index contributed by atoms with van der Waals surface area (Å²) in [5.74, 6) is 2.50. The van der Waals surface area contributed by atoms with E-state index in [2.05, 4.69) is 76.4 Å². The molecule has 0 aliphatic carbocycles. The Hall–Kier alpha value is -3.18. The number of hydrogen-bond donors (Lipinski definition) is 1. The van der Waals surface area contributed by atoms with Crippen molar-refractivity contribution in [2.45, 2.75) is 17.2 Å². The molecule has 0 saturated carbocycles. The summed E-state index contributed by atoms with van der Waals surface area (Å²) in [6.45, 7) is 2.04. The second kappa shape index (κ2) is 8.90. The third-order valence-corrected chi connectivity index (χ3v) is 6.70. The fourth-order valence-corrected chi connectivity index (χ4v) is 4.88. The van der Waals surface area contributed by atoms with Gasteiger partial charge in [0.1, 0.15) is 11.6 Å². The van der Waals surface area contributed by atoms with E-state index in [9.17, 15) is 0 Å².